The van der Waals surface area contributed by atoms with Gasteiger partial charge in [0.2, 0.25) is 0 Å². The number of halogens is 1. The van der Waals surface area contributed by atoms with Crippen LogP contribution in [0.4, 0.5) is 0 Å². The number of benzene rings is 1. The van der Waals surface area contributed by atoms with Crippen LogP contribution in [0.5, 0.6) is 0 Å². The number of hydrogen-bond donors (Lipinski definition) is 2. The highest BCUT2D eigenvalue weighted by atomic mass is 127. The summed E-state index contributed by atoms with van der Waals surface area (Å²) in [5.41, 5.74) is 1.30. The number of hydrogen-bond acceptors (Lipinski definition) is 3. The molecule has 0 saturated heterocycles. The maximum absolute atomic E-state index is 5.32. The highest BCUT2D eigenvalue weighted by Gasteiger charge is 1.98. The summed E-state index contributed by atoms with van der Waals surface area (Å²) in [4.78, 5) is 5.54. The molecule has 0 aliphatic carbocycles. The molecule has 6 heteroatoms. The Morgan fingerprint density at radius 2 is 1.83 bits per heavy atom. The normalized spacial score (nSPS) is 11.0. The van der Waals surface area contributed by atoms with Gasteiger partial charge in [-0.05, 0) is 38.8 Å². The molecule has 0 fully saturated rings. The van der Waals surface area contributed by atoms with E-state index in [0.717, 1.165) is 50.9 Å². The molecule has 0 unspecified atom stereocenters. The number of nitrogens with one attached hydrogen (secondary N) is 2. The van der Waals surface area contributed by atoms with Crippen molar-refractivity contribution in [3.8, 4) is 0 Å². The van der Waals surface area contributed by atoms with Crippen molar-refractivity contribution in [2.75, 3.05) is 39.1 Å². The zero-order valence-electron chi connectivity index (χ0n) is 14.4. The third-order valence-corrected chi connectivity index (χ3v) is 4.13. The summed E-state index contributed by atoms with van der Waals surface area (Å²) in [6, 6.07) is 8.65. The Labute approximate surface area is 162 Å². The van der Waals surface area contributed by atoms with E-state index in [0.29, 0.717) is 0 Å². The molecule has 0 bridgehead atoms. The Hall–Kier alpha value is -0.470. The predicted molar refractivity (Wildman–Crippen MR) is 112 cm³/mol. The lowest BCUT2D eigenvalue weighted by Gasteiger charge is -2.11. The van der Waals surface area contributed by atoms with Gasteiger partial charge in [-0.25, -0.2) is 0 Å². The number of nitrogens with zero attached hydrogens (tertiary/aromatic N) is 1. The highest BCUT2D eigenvalue weighted by Crippen LogP contribution is 2.17. The molecule has 0 atom stereocenters. The van der Waals surface area contributed by atoms with Crippen LogP contribution >= 0.6 is 35.7 Å². The number of rotatable bonds is 10. The lowest BCUT2D eigenvalue weighted by Crippen LogP contribution is -2.38. The second-order valence-corrected chi connectivity index (χ2v) is 6.16. The van der Waals surface area contributed by atoms with Crippen molar-refractivity contribution in [3.63, 3.8) is 0 Å². The van der Waals surface area contributed by atoms with Gasteiger partial charge in [0.05, 0.1) is 0 Å². The van der Waals surface area contributed by atoms with Crippen LogP contribution in [-0.2, 0) is 4.74 Å². The van der Waals surface area contributed by atoms with Gasteiger partial charge < -0.3 is 15.4 Å². The molecule has 1 aromatic carbocycles. The quantitative estimate of drug-likeness (QED) is 0.187. The average molecular weight is 451 g/mol. The van der Waals surface area contributed by atoms with E-state index >= 15 is 0 Å². The van der Waals surface area contributed by atoms with Gasteiger partial charge >= 0.3 is 0 Å². The summed E-state index contributed by atoms with van der Waals surface area (Å²) in [6.45, 7) is 7.61. The van der Waals surface area contributed by atoms with Crippen molar-refractivity contribution in [1.82, 2.24) is 10.6 Å². The minimum absolute atomic E-state index is 0. The molecule has 0 radical (unpaired) electrons. The van der Waals surface area contributed by atoms with Crippen molar-refractivity contribution in [3.05, 3.63) is 29.8 Å². The SMILES string of the molecule is CCOCCCCNC(=NC)NCCSc1ccc(C)cc1.I. The van der Waals surface area contributed by atoms with Gasteiger partial charge in [0, 0.05) is 44.0 Å². The van der Waals surface area contributed by atoms with E-state index in [4.69, 9.17) is 4.74 Å². The molecule has 23 heavy (non-hydrogen) atoms. The molecule has 0 heterocycles. The standard InChI is InChI=1S/C17H29N3OS.HI/c1-4-21-13-6-5-11-19-17(18-3)20-12-14-22-16-9-7-15(2)8-10-16;/h7-10H,4-6,11-14H2,1-3H3,(H2,18,19,20);1H. The number of guanidine groups is 1. The van der Waals surface area contributed by atoms with E-state index in [1.165, 1.54) is 10.5 Å². The number of aliphatic imine (C=N–C) groups is 1. The molecular weight excluding hydrogens is 421 g/mol. The van der Waals surface area contributed by atoms with E-state index in [-0.39, 0.29) is 24.0 Å². The van der Waals surface area contributed by atoms with E-state index in [1.807, 2.05) is 25.7 Å². The molecule has 0 aliphatic heterocycles. The summed E-state index contributed by atoms with van der Waals surface area (Å²) in [5.74, 6) is 1.90. The number of thioether (sulfide) groups is 1. The Kier molecular flexibility index (Phi) is 14.8. The molecule has 132 valence electrons. The van der Waals surface area contributed by atoms with Gasteiger partial charge in [0.1, 0.15) is 0 Å². The first-order valence-electron chi connectivity index (χ1n) is 7.98. The smallest absolute Gasteiger partial charge is 0.191 e. The maximum Gasteiger partial charge on any atom is 0.191 e. The number of unbranched alkanes of at least 4 members (excludes halogenated alkanes) is 1. The number of aryl methyl sites for hydroxylation is 1. The first-order valence-corrected chi connectivity index (χ1v) is 8.96. The van der Waals surface area contributed by atoms with E-state index < -0.39 is 0 Å². The zero-order chi connectivity index (χ0) is 16.0. The minimum Gasteiger partial charge on any atom is -0.382 e. The third-order valence-electron chi connectivity index (χ3n) is 3.12. The summed E-state index contributed by atoms with van der Waals surface area (Å²) < 4.78 is 5.32. The first-order chi connectivity index (χ1) is 10.8. The van der Waals surface area contributed by atoms with Gasteiger partial charge in [0.15, 0.2) is 5.96 Å². The van der Waals surface area contributed by atoms with Crippen LogP contribution in [0.1, 0.15) is 25.3 Å². The Morgan fingerprint density at radius 1 is 1.13 bits per heavy atom. The third kappa shape index (κ3) is 11.7. The summed E-state index contributed by atoms with van der Waals surface area (Å²) in [5, 5.41) is 6.67. The minimum atomic E-state index is 0. The highest BCUT2D eigenvalue weighted by molar-refractivity contribution is 14.0. The predicted octanol–water partition coefficient (Wildman–Crippen LogP) is 3.69. The van der Waals surface area contributed by atoms with Crippen LogP contribution in [0, 0.1) is 6.92 Å². The molecule has 0 saturated carbocycles. The van der Waals surface area contributed by atoms with Crippen LogP contribution < -0.4 is 10.6 Å². The Balaban J connectivity index is 0.00000484. The fourth-order valence-electron chi connectivity index (χ4n) is 1.87. The summed E-state index contributed by atoms with van der Waals surface area (Å²) in [7, 11) is 1.81. The average Bonchev–Trinajstić information content (AvgIpc) is 2.54. The van der Waals surface area contributed by atoms with Crippen LogP contribution in [0.15, 0.2) is 34.2 Å². The topological polar surface area (TPSA) is 45.6 Å². The van der Waals surface area contributed by atoms with Crippen molar-refractivity contribution >= 4 is 41.7 Å². The van der Waals surface area contributed by atoms with Crippen molar-refractivity contribution in [2.45, 2.75) is 31.6 Å². The van der Waals surface area contributed by atoms with Crippen LogP contribution in [0.25, 0.3) is 0 Å². The fraction of sp³-hybridized carbons (Fsp3) is 0.588. The maximum atomic E-state index is 5.32. The van der Waals surface area contributed by atoms with Gasteiger partial charge in [-0.1, -0.05) is 17.7 Å². The molecule has 1 aromatic rings. The number of ether oxygens (including phenoxy) is 1. The largest absolute Gasteiger partial charge is 0.382 e. The van der Waals surface area contributed by atoms with Gasteiger partial charge in [0.25, 0.3) is 0 Å². The lowest BCUT2D eigenvalue weighted by atomic mass is 10.2. The molecule has 0 amide bonds. The Morgan fingerprint density at radius 3 is 2.48 bits per heavy atom. The molecule has 0 aliphatic rings. The van der Waals surface area contributed by atoms with Gasteiger partial charge in [-0.3, -0.25) is 4.99 Å². The van der Waals surface area contributed by atoms with Crippen molar-refractivity contribution < 1.29 is 4.74 Å². The first kappa shape index (κ1) is 22.5. The van der Waals surface area contributed by atoms with Crippen molar-refractivity contribution in [2.24, 2.45) is 4.99 Å². The molecule has 1 rings (SSSR count). The molecule has 0 aromatic heterocycles. The van der Waals surface area contributed by atoms with Crippen LogP contribution in [-0.4, -0.2) is 45.1 Å². The fourth-order valence-corrected chi connectivity index (χ4v) is 2.64. The van der Waals surface area contributed by atoms with E-state index in [1.54, 1.807) is 0 Å². The van der Waals surface area contributed by atoms with Crippen LogP contribution in [0.3, 0.4) is 0 Å². The second kappa shape index (κ2) is 15.1. The molecule has 0 spiro atoms. The van der Waals surface area contributed by atoms with Gasteiger partial charge in [-0.15, -0.1) is 35.7 Å². The molecule has 4 nitrogen and oxygen atoms in total. The summed E-state index contributed by atoms with van der Waals surface area (Å²) >= 11 is 1.86. The monoisotopic (exact) mass is 451 g/mol. The molecular formula is C17H30IN3OS. The van der Waals surface area contributed by atoms with E-state index in [9.17, 15) is 0 Å². The lowest BCUT2D eigenvalue weighted by molar-refractivity contribution is 0.143. The summed E-state index contributed by atoms with van der Waals surface area (Å²) in [6.07, 6.45) is 2.18. The second-order valence-electron chi connectivity index (χ2n) is 4.99. The zero-order valence-corrected chi connectivity index (χ0v) is 17.6. The van der Waals surface area contributed by atoms with Crippen molar-refractivity contribution in [1.29, 1.82) is 0 Å². The van der Waals surface area contributed by atoms with E-state index in [2.05, 4.69) is 46.8 Å². The Bertz CT molecular complexity index is 426. The molecule has 2 N–H and O–H groups in total. The van der Waals surface area contributed by atoms with Crippen LogP contribution in [0.2, 0.25) is 0 Å². The van der Waals surface area contributed by atoms with Gasteiger partial charge in [-0.2, -0.15) is 0 Å².